The number of nitrogens with one attached hydrogen (secondary N) is 1. The second-order valence-electron chi connectivity index (χ2n) is 9.40. The topological polar surface area (TPSA) is 341 Å². The molecule has 25 heteroatoms. The predicted molar refractivity (Wildman–Crippen MR) is 148 cm³/mol. The molecule has 0 radical (unpaired) electrons. The van der Waals surface area contributed by atoms with Crippen LogP contribution >= 0.6 is 16.1 Å². The van der Waals surface area contributed by atoms with E-state index in [-0.39, 0.29) is 34.1 Å². The maximum absolute atomic E-state index is 12.9. The molecule has 5 rings (SSSR count). The highest BCUT2D eigenvalue weighted by Gasteiger charge is 2.48. The van der Waals surface area contributed by atoms with Crippen LogP contribution in [0.15, 0.2) is 23.8 Å². The van der Waals surface area contributed by atoms with Crippen molar-refractivity contribution in [3.63, 3.8) is 0 Å². The van der Waals surface area contributed by atoms with Crippen LogP contribution in [0.5, 0.6) is 0 Å². The lowest BCUT2D eigenvalue weighted by molar-refractivity contribution is -0.110. The van der Waals surface area contributed by atoms with Gasteiger partial charge in [-0.1, -0.05) is 0 Å². The Labute approximate surface area is 250 Å². The lowest BCUT2D eigenvalue weighted by Crippen LogP contribution is -2.35. The summed E-state index contributed by atoms with van der Waals surface area (Å²) >= 11 is 0. The third kappa shape index (κ3) is 7.04. The zero-order chi connectivity index (χ0) is 32.5. The van der Waals surface area contributed by atoms with Crippen LogP contribution in [-0.2, 0) is 32.2 Å². The van der Waals surface area contributed by atoms with Crippen molar-refractivity contribution in [3.8, 4) is 0 Å². The molecule has 23 nitrogen and oxygen atoms in total. The molecule has 0 aliphatic carbocycles. The summed E-state index contributed by atoms with van der Waals surface area (Å²) in [5.41, 5.74) is 10.8. The molecule has 4 unspecified atom stereocenters. The van der Waals surface area contributed by atoms with Gasteiger partial charge in [-0.15, -0.1) is 0 Å². The summed E-state index contributed by atoms with van der Waals surface area (Å²) in [6.45, 7) is -2.90. The van der Waals surface area contributed by atoms with Crippen LogP contribution in [0.4, 0.5) is 11.8 Å². The van der Waals surface area contributed by atoms with Crippen molar-refractivity contribution in [3.05, 3.63) is 29.3 Å². The molecule has 0 saturated carbocycles. The average Bonchev–Trinajstić information content (AvgIpc) is 3.69. The number of aromatic amines is 1. The molecule has 10 N–H and O–H groups in total. The van der Waals surface area contributed by atoms with E-state index in [1.54, 1.807) is 0 Å². The van der Waals surface area contributed by atoms with Gasteiger partial charge < -0.3 is 50.6 Å². The smallest absolute Gasteiger partial charge is 0.394 e. The van der Waals surface area contributed by atoms with Gasteiger partial charge in [0.1, 0.15) is 42.9 Å². The average molecular weight is 678 g/mol. The van der Waals surface area contributed by atoms with E-state index in [0.717, 1.165) is 17.2 Å². The Hall–Kier alpha value is -3.44. The fourth-order valence-corrected chi connectivity index (χ4v) is 5.72. The maximum Gasteiger partial charge on any atom is 0.472 e. The van der Waals surface area contributed by atoms with Crippen LogP contribution in [0.25, 0.3) is 22.3 Å². The highest BCUT2D eigenvalue weighted by atomic mass is 31.2. The molecule has 7 atom stereocenters. The Morgan fingerprint density at radius 3 is 2.56 bits per heavy atom. The van der Waals surface area contributed by atoms with Gasteiger partial charge in [0.25, 0.3) is 5.56 Å². The number of phosphoric ester groups is 1. The van der Waals surface area contributed by atoms with E-state index < -0.39 is 84.9 Å². The van der Waals surface area contributed by atoms with Crippen molar-refractivity contribution < 1.29 is 57.3 Å². The van der Waals surface area contributed by atoms with Crippen molar-refractivity contribution in [2.75, 3.05) is 37.9 Å². The summed E-state index contributed by atoms with van der Waals surface area (Å²) in [7, 11) is -8.65. The summed E-state index contributed by atoms with van der Waals surface area (Å²) in [5, 5.41) is 29.9. The molecule has 0 spiro atoms. The molecular formula is C20H28N10O13P2. The summed E-state index contributed by atoms with van der Waals surface area (Å²) in [6, 6.07) is 0. The lowest BCUT2D eigenvalue weighted by Gasteiger charge is -2.25. The minimum atomic E-state index is -5.00. The molecule has 4 aromatic rings. The van der Waals surface area contributed by atoms with Crippen molar-refractivity contribution in [2.24, 2.45) is 0 Å². The van der Waals surface area contributed by atoms with Gasteiger partial charge in [-0.2, -0.15) is 4.98 Å². The minimum absolute atomic E-state index is 0.0408. The van der Waals surface area contributed by atoms with Gasteiger partial charge in [0.05, 0.1) is 32.5 Å². The van der Waals surface area contributed by atoms with Crippen molar-refractivity contribution in [1.82, 2.24) is 39.0 Å². The number of nitrogen functional groups attached to an aromatic ring is 2. The summed E-state index contributed by atoms with van der Waals surface area (Å²) in [5.74, 6) is -0.233. The normalized spacial score (nSPS) is 23.2. The first-order chi connectivity index (χ1) is 21.4. The summed E-state index contributed by atoms with van der Waals surface area (Å²) in [4.78, 5) is 54.2. The fraction of sp³-hybridized carbons (Fsp3) is 0.500. The summed E-state index contributed by atoms with van der Waals surface area (Å²) < 4.78 is 53.3. The van der Waals surface area contributed by atoms with E-state index in [2.05, 4.69) is 29.9 Å². The number of aliphatic hydroxyl groups excluding tert-OH is 3. The first kappa shape index (κ1) is 32.9. The highest BCUT2D eigenvalue weighted by Crippen LogP contribution is 2.46. The number of aliphatic hydroxyl groups is 3. The Morgan fingerprint density at radius 1 is 1.11 bits per heavy atom. The number of fused-ring (bicyclic) bond motifs is 2. The summed E-state index contributed by atoms with van der Waals surface area (Å²) in [6.07, 6.45) is -4.99. The van der Waals surface area contributed by atoms with Gasteiger partial charge >= 0.3 is 16.1 Å². The van der Waals surface area contributed by atoms with Gasteiger partial charge in [0.2, 0.25) is 5.95 Å². The molecule has 1 saturated heterocycles. The van der Waals surface area contributed by atoms with Crippen molar-refractivity contribution >= 4 is 50.2 Å². The zero-order valence-electron chi connectivity index (χ0n) is 22.8. The van der Waals surface area contributed by atoms with Crippen molar-refractivity contribution in [2.45, 2.75) is 36.9 Å². The van der Waals surface area contributed by atoms with Crippen LogP contribution in [0.1, 0.15) is 12.5 Å². The van der Waals surface area contributed by atoms with E-state index in [1.807, 2.05) is 0 Å². The van der Waals surface area contributed by atoms with Gasteiger partial charge in [-0.3, -0.25) is 32.5 Å². The number of phosphoric acid groups is 1. The van der Waals surface area contributed by atoms with Crippen LogP contribution in [0, 0.1) is 0 Å². The second kappa shape index (κ2) is 13.5. The van der Waals surface area contributed by atoms with E-state index in [1.165, 1.54) is 10.9 Å². The van der Waals surface area contributed by atoms with Gasteiger partial charge in [-0.05, 0) is 0 Å². The number of H-pyrrole nitrogens is 1. The molecule has 0 bridgehead atoms. The zero-order valence-corrected chi connectivity index (χ0v) is 24.7. The van der Waals surface area contributed by atoms with E-state index in [0.29, 0.717) is 0 Å². The molecule has 0 aromatic carbocycles. The quantitative estimate of drug-likeness (QED) is 0.0622. The molecule has 1 fully saturated rings. The minimum Gasteiger partial charge on any atom is -0.394 e. The third-order valence-corrected chi connectivity index (χ3v) is 7.93. The highest BCUT2D eigenvalue weighted by molar-refractivity contribution is 7.47. The first-order valence-electron chi connectivity index (χ1n) is 12.8. The van der Waals surface area contributed by atoms with Crippen LogP contribution < -0.4 is 17.0 Å². The number of imidazole rings is 2. The SMILES string of the molecule is Nc1nc2c(ncn2[C@@H](COP(=O)(O)OC[C@H]2O[C@@H](n3cnc4c(N)ncnc43)C(O)C2O[PH](=O)O)OC(CO)CO)c(=O)[nH]1. The standard InChI is InChI=1S/C20H28N10O13P2/c21-15-11-16(24-5-23-15)30(7-25-11)19-13(33)14(43-44(35)36)9(42-19)3-39-45(37,38)40-4-10(41-8(1-31)2-32)29-6-26-12-17(29)27-20(22)28-18(12)34/h5-10,13-14,19,31-33,44H,1-4H2,(H,35,36)(H,37,38)(H2,21,23,24)(H3,22,27,28,34)/t9-,10-,13?,14?,19-/m1/s1. The van der Waals surface area contributed by atoms with E-state index >= 15 is 0 Å². The molecule has 246 valence electrons. The Kier molecular flexibility index (Phi) is 9.88. The molecule has 45 heavy (non-hydrogen) atoms. The van der Waals surface area contributed by atoms with Crippen LogP contribution in [0.2, 0.25) is 0 Å². The van der Waals surface area contributed by atoms with Crippen LogP contribution in [0.3, 0.4) is 0 Å². The maximum atomic E-state index is 12.9. The molecule has 5 heterocycles. The number of anilines is 2. The number of aromatic nitrogens is 8. The largest absolute Gasteiger partial charge is 0.472 e. The second-order valence-corrected chi connectivity index (χ2v) is 11.6. The number of nitrogens with two attached hydrogens (primary N) is 2. The predicted octanol–water partition coefficient (Wildman–Crippen LogP) is -2.85. The first-order valence-corrected chi connectivity index (χ1v) is 15.6. The van der Waals surface area contributed by atoms with E-state index in [9.17, 15) is 39.0 Å². The molecule has 4 aromatic heterocycles. The lowest BCUT2D eigenvalue weighted by atomic mass is 10.1. The van der Waals surface area contributed by atoms with Crippen LogP contribution in [-0.4, -0.2) is 115 Å². The monoisotopic (exact) mass is 678 g/mol. The van der Waals surface area contributed by atoms with Gasteiger partial charge in [0, 0.05) is 0 Å². The van der Waals surface area contributed by atoms with Gasteiger partial charge in [-0.25, -0.2) is 24.5 Å². The molecule has 1 aliphatic heterocycles. The van der Waals surface area contributed by atoms with E-state index in [4.69, 9.17) is 34.5 Å². The number of nitrogens with zero attached hydrogens (tertiary/aromatic N) is 7. The molecule has 1 aliphatic rings. The molecule has 0 amide bonds. The number of rotatable bonds is 14. The number of ether oxygens (including phenoxy) is 2. The Morgan fingerprint density at radius 2 is 1.84 bits per heavy atom. The molecular weight excluding hydrogens is 650 g/mol. The number of hydrogen-bond donors (Lipinski definition) is 8. The Balaban J connectivity index is 1.32. The Bertz CT molecular complexity index is 1780. The fourth-order valence-electron chi connectivity index (χ4n) is 4.47. The third-order valence-electron chi connectivity index (χ3n) is 6.51. The van der Waals surface area contributed by atoms with Gasteiger partial charge in [0.15, 0.2) is 35.1 Å². The number of hydrogen-bond acceptors (Lipinski definition) is 18. The van der Waals surface area contributed by atoms with Crippen molar-refractivity contribution in [1.29, 1.82) is 0 Å².